The molecule has 138 valence electrons. The van der Waals surface area contributed by atoms with E-state index in [9.17, 15) is 9.59 Å². The van der Waals surface area contributed by atoms with Gasteiger partial charge in [-0.1, -0.05) is 36.5 Å². The zero-order valence-electron chi connectivity index (χ0n) is 14.4. The van der Waals surface area contributed by atoms with E-state index < -0.39 is 0 Å². The second-order valence-corrected chi connectivity index (χ2v) is 7.39. The van der Waals surface area contributed by atoms with Crippen molar-refractivity contribution in [3.63, 3.8) is 0 Å². The Morgan fingerprint density at radius 3 is 2.68 bits per heavy atom. The molecule has 0 heterocycles. The SMILES string of the molecule is CCCN(CC(=O)Nc1ccc(Cl)cc1Cl)C(=O)C[C@@H]1CCC[C@H]1N. The Kier molecular flexibility index (Phi) is 7.54. The van der Waals surface area contributed by atoms with Gasteiger partial charge in [-0.2, -0.15) is 0 Å². The molecule has 0 bridgehead atoms. The van der Waals surface area contributed by atoms with Crippen LogP contribution in [-0.4, -0.2) is 35.8 Å². The van der Waals surface area contributed by atoms with Gasteiger partial charge in [-0.25, -0.2) is 0 Å². The molecule has 1 saturated carbocycles. The first-order valence-corrected chi connectivity index (χ1v) is 9.44. The zero-order chi connectivity index (χ0) is 18.4. The van der Waals surface area contributed by atoms with Crippen LogP contribution in [0.15, 0.2) is 18.2 Å². The maximum atomic E-state index is 12.6. The van der Waals surface area contributed by atoms with Crippen molar-refractivity contribution in [2.75, 3.05) is 18.4 Å². The Hall–Kier alpha value is -1.30. The third-order valence-electron chi connectivity index (χ3n) is 4.54. The Morgan fingerprint density at radius 1 is 1.32 bits per heavy atom. The number of anilines is 1. The van der Waals surface area contributed by atoms with E-state index in [0.717, 1.165) is 25.7 Å². The van der Waals surface area contributed by atoms with Crippen LogP contribution in [-0.2, 0) is 9.59 Å². The van der Waals surface area contributed by atoms with E-state index in [4.69, 9.17) is 28.9 Å². The maximum Gasteiger partial charge on any atom is 0.244 e. The number of nitrogens with zero attached hydrogens (tertiary/aromatic N) is 1. The van der Waals surface area contributed by atoms with Crippen molar-refractivity contribution in [1.29, 1.82) is 0 Å². The summed E-state index contributed by atoms with van der Waals surface area (Å²) in [6.07, 6.45) is 4.23. The van der Waals surface area contributed by atoms with E-state index >= 15 is 0 Å². The predicted molar refractivity (Wildman–Crippen MR) is 102 cm³/mol. The third kappa shape index (κ3) is 5.87. The van der Waals surface area contributed by atoms with E-state index in [1.54, 1.807) is 23.1 Å². The second kappa shape index (κ2) is 9.41. The summed E-state index contributed by atoms with van der Waals surface area (Å²) in [7, 11) is 0. The molecule has 2 amide bonds. The molecule has 0 radical (unpaired) electrons. The first-order valence-electron chi connectivity index (χ1n) is 8.69. The van der Waals surface area contributed by atoms with Crippen LogP contribution in [0.25, 0.3) is 0 Å². The number of rotatable bonds is 7. The number of benzene rings is 1. The fourth-order valence-corrected chi connectivity index (χ4v) is 3.64. The second-order valence-electron chi connectivity index (χ2n) is 6.55. The predicted octanol–water partition coefficient (Wildman–Crippen LogP) is 3.69. The van der Waals surface area contributed by atoms with E-state index in [2.05, 4.69) is 5.32 Å². The highest BCUT2D eigenvalue weighted by Crippen LogP contribution is 2.28. The van der Waals surface area contributed by atoms with E-state index in [-0.39, 0.29) is 30.3 Å². The zero-order valence-corrected chi connectivity index (χ0v) is 15.9. The molecule has 1 aromatic rings. The summed E-state index contributed by atoms with van der Waals surface area (Å²) in [6.45, 7) is 2.53. The number of nitrogens with one attached hydrogen (secondary N) is 1. The quantitative estimate of drug-likeness (QED) is 0.751. The van der Waals surface area contributed by atoms with Crippen LogP contribution >= 0.6 is 23.2 Å². The van der Waals surface area contributed by atoms with Crippen molar-refractivity contribution in [3.8, 4) is 0 Å². The van der Waals surface area contributed by atoms with Gasteiger partial charge in [0, 0.05) is 24.0 Å². The molecule has 0 saturated heterocycles. The summed E-state index contributed by atoms with van der Waals surface area (Å²) in [6, 6.07) is 4.95. The highest BCUT2D eigenvalue weighted by atomic mass is 35.5. The summed E-state index contributed by atoms with van der Waals surface area (Å²) in [4.78, 5) is 26.5. The van der Waals surface area contributed by atoms with Gasteiger partial charge in [-0.15, -0.1) is 0 Å². The van der Waals surface area contributed by atoms with Gasteiger partial charge in [0.2, 0.25) is 11.8 Å². The van der Waals surface area contributed by atoms with Crippen LogP contribution in [0.3, 0.4) is 0 Å². The molecule has 1 aromatic carbocycles. The van der Waals surface area contributed by atoms with Crippen molar-refractivity contribution in [3.05, 3.63) is 28.2 Å². The molecule has 0 aliphatic heterocycles. The van der Waals surface area contributed by atoms with Crippen LogP contribution in [0.2, 0.25) is 10.0 Å². The molecule has 25 heavy (non-hydrogen) atoms. The van der Waals surface area contributed by atoms with Gasteiger partial charge in [0.25, 0.3) is 0 Å². The summed E-state index contributed by atoms with van der Waals surface area (Å²) in [5.41, 5.74) is 6.54. The van der Waals surface area contributed by atoms with E-state index in [1.165, 1.54) is 0 Å². The van der Waals surface area contributed by atoms with Crippen LogP contribution in [0.5, 0.6) is 0 Å². The van der Waals surface area contributed by atoms with E-state index in [1.807, 2.05) is 6.92 Å². The summed E-state index contributed by atoms with van der Waals surface area (Å²) in [5.74, 6) is -0.0658. The molecule has 0 aromatic heterocycles. The van der Waals surface area contributed by atoms with Gasteiger partial charge < -0.3 is 16.0 Å². The van der Waals surface area contributed by atoms with Gasteiger partial charge in [-0.05, 0) is 43.4 Å². The number of halogens is 2. The molecular formula is C18H25Cl2N3O2. The van der Waals surface area contributed by atoms with Crippen molar-refractivity contribution < 1.29 is 9.59 Å². The topological polar surface area (TPSA) is 75.4 Å². The fraction of sp³-hybridized carbons (Fsp3) is 0.556. The van der Waals surface area contributed by atoms with Crippen molar-refractivity contribution in [1.82, 2.24) is 4.90 Å². The minimum Gasteiger partial charge on any atom is -0.333 e. The minimum atomic E-state index is -0.276. The van der Waals surface area contributed by atoms with Gasteiger partial charge in [0.05, 0.1) is 17.3 Å². The largest absolute Gasteiger partial charge is 0.333 e. The monoisotopic (exact) mass is 385 g/mol. The maximum absolute atomic E-state index is 12.6. The lowest BCUT2D eigenvalue weighted by Crippen LogP contribution is -2.40. The third-order valence-corrected chi connectivity index (χ3v) is 5.09. The number of hydrogen-bond donors (Lipinski definition) is 2. The molecule has 2 atom stereocenters. The molecule has 1 aliphatic rings. The Balaban J connectivity index is 1.94. The Bertz CT molecular complexity index is 624. The smallest absolute Gasteiger partial charge is 0.244 e. The Morgan fingerprint density at radius 2 is 2.08 bits per heavy atom. The van der Waals surface area contributed by atoms with Gasteiger partial charge in [0.15, 0.2) is 0 Å². The average Bonchev–Trinajstić information content (AvgIpc) is 2.94. The molecule has 0 unspecified atom stereocenters. The number of carbonyl (C=O) groups is 2. The summed E-state index contributed by atoms with van der Waals surface area (Å²) >= 11 is 11.9. The number of nitrogens with two attached hydrogens (primary N) is 1. The molecule has 3 N–H and O–H groups in total. The van der Waals surface area contributed by atoms with Crippen LogP contribution in [0.4, 0.5) is 5.69 Å². The standard InChI is InChI=1S/C18H25Cl2N3O2/c1-2-8-23(18(25)9-12-4-3-5-15(12)21)11-17(24)22-16-7-6-13(19)10-14(16)20/h6-7,10,12,15H,2-5,8-9,11,21H2,1H3,(H,22,24)/t12-,15+/m0/s1. The number of hydrogen-bond acceptors (Lipinski definition) is 3. The van der Waals surface area contributed by atoms with Crippen molar-refractivity contribution in [2.45, 2.75) is 45.1 Å². The first-order chi connectivity index (χ1) is 11.9. The lowest BCUT2D eigenvalue weighted by molar-refractivity contribution is -0.135. The van der Waals surface area contributed by atoms with Gasteiger partial charge in [-0.3, -0.25) is 9.59 Å². The van der Waals surface area contributed by atoms with Gasteiger partial charge in [0.1, 0.15) is 0 Å². The summed E-state index contributed by atoms with van der Waals surface area (Å²) < 4.78 is 0. The van der Waals surface area contributed by atoms with Crippen molar-refractivity contribution in [2.24, 2.45) is 11.7 Å². The normalized spacial score (nSPS) is 19.7. The Labute approximate surface area is 158 Å². The minimum absolute atomic E-state index is 0.00753. The highest BCUT2D eigenvalue weighted by molar-refractivity contribution is 6.36. The molecule has 7 heteroatoms. The van der Waals surface area contributed by atoms with Crippen LogP contribution in [0, 0.1) is 5.92 Å². The average molecular weight is 386 g/mol. The molecule has 0 spiro atoms. The lowest BCUT2D eigenvalue weighted by Gasteiger charge is -2.24. The molecule has 5 nitrogen and oxygen atoms in total. The molecule has 2 rings (SSSR count). The highest BCUT2D eigenvalue weighted by Gasteiger charge is 2.28. The van der Waals surface area contributed by atoms with Crippen LogP contribution in [0.1, 0.15) is 39.0 Å². The number of carbonyl (C=O) groups excluding carboxylic acids is 2. The fourth-order valence-electron chi connectivity index (χ4n) is 3.19. The summed E-state index contributed by atoms with van der Waals surface area (Å²) in [5, 5.41) is 3.60. The molecule has 1 aliphatic carbocycles. The molecule has 1 fully saturated rings. The van der Waals surface area contributed by atoms with Crippen LogP contribution < -0.4 is 11.1 Å². The lowest BCUT2D eigenvalue weighted by atomic mass is 9.99. The van der Waals surface area contributed by atoms with Crippen molar-refractivity contribution >= 4 is 40.7 Å². The van der Waals surface area contributed by atoms with Gasteiger partial charge >= 0.3 is 0 Å². The first kappa shape index (κ1) is 20.0. The molecular weight excluding hydrogens is 361 g/mol. The number of amides is 2. The van der Waals surface area contributed by atoms with E-state index in [0.29, 0.717) is 28.7 Å².